The van der Waals surface area contributed by atoms with Crippen molar-refractivity contribution < 1.29 is 48.1 Å². The average Bonchev–Trinajstić information content (AvgIpc) is 3.19. The lowest BCUT2D eigenvalue weighted by molar-refractivity contribution is -0.146. The zero-order valence-electron chi connectivity index (χ0n) is 36.7. The summed E-state index contributed by atoms with van der Waals surface area (Å²) >= 11 is 1.07. The van der Waals surface area contributed by atoms with Gasteiger partial charge in [0, 0.05) is 18.8 Å². The number of ether oxygens (including phenoxy) is 2. The Morgan fingerprint density at radius 3 is 2.11 bits per heavy atom. The molecule has 1 heterocycles. The number of ketones is 2. The summed E-state index contributed by atoms with van der Waals surface area (Å²) < 4.78 is 10.9. The fourth-order valence-corrected chi connectivity index (χ4v) is 7.89. The van der Waals surface area contributed by atoms with E-state index in [0.717, 1.165) is 33.0 Å². The van der Waals surface area contributed by atoms with E-state index < -0.39 is 89.4 Å². The molecule has 0 radical (unpaired) electrons. The first-order chi connectivity index (χ1) is 29.6. The topological polar surface area (TPSA) is 262 Å². The van der Waals surface area contributed by atoms with Crippen molar-refractivity contribution >= 4 is 64.0 Å². The van der Waals surface area contributed by atoms with Gasteiger partial charge in [0.25, 0.3) is 0 Å². The predicted octanol–water partition coefficient (Wildman–Crippen LogP) is 3.21. The minimum absolute atomic E-state index is 0.0338. The number of aromatic hydroxyl groups is 1. The molecule has 3 aromatic carbocycles. The number of phenols is 1. The highest BCUT2D eigenvalue weighted by atomic mass is 32.2. The molecule has 1 fully saturated rings. The quantitative estimate of drug-likeness (QED) is 0.0760. The Labute approximate surface area is 372 Å². The average molecular weight is 892 g/mol. The van der Waals surface area contributed by atoms with E-state index in [9.17, 15) is 38.7 Å². The highest BCUT2D eigenvalue weighted by molar-refractivity contribution is 8.00. The number of hydrogen-bond donors (Lipinski definition) is 7. The van der Waals surface area contributed by atoms with Gasteiger partial charge in [0.05, 0.1) is 23.9 Å². The summed E-state index contributed by atoms with van der Waals surface area (Å²) in [5.74, 6) is -4.76. The molecular formula is C45H61N7O10S. The number of benzene rings is 3. The van der Waals surface area contributed by atoms with E-state index in [1.807, 2.05) is 42.5 Å². The summed E-state index contributed by atoms with van der Waals surface area (Å²) in [6, 6.07) is 12.0. The van der Waals surface area contributed by atoms with E-state index >= 15 is 0 Å². The third-order valence-electron chi connectivity index (χ3n) is 9.85. The van der Waals surface area contributed by atoms with Crippen LogP contribution in [0.5, 0.6) is 5.75 Å². The molecule has 5 amide bonds. The molecule has 0 aliphatic carbocycles. The van der Waals surface area contributed by atoms with Crippen LogP contribution in [-0.4, -0.2) is 117 Å². The third kappa shape index (κ3) is 15.5. The molecule has 1 aliphatic heterocycles. The van der Waals surface area contributed by atoms with Gasteiger partial charge < -0.3 is 52.2 Å². The van der Waals surface area contributed by atoms with Gasteiger partial charge >= 0.3 is 12.2 Å². The van der Waals surface area contributed by atoms with Crippen LogP contribution >= 0.6 is 11.8 Å². The maximum absolute atomic E-state index is 14.8. The van der Waals surface area contributed by atoms with Crippen molar-refractivity contribution in [3.05, 3.63) is 77.9 Å². The number of primary amides is 1. The largest absolute Gasteiger partial charge is 0.508 e. The highest BCUT2D eigenvalue weighted by Gasteiger charge is 2.43. The number of nitrogens with one attached hydrogen (secondary N) is 4. The van der Waals surface area contributed by atoms with Crippen molar-refractivity contribution in [2.75, 3.05) is 24.6 Å². The number of alkyl carbamates (subject to hydrolysis) is 2. The van der Waals surface area contributed by atoms with Crippen LogP contribution < -0.4 is 32.7 Å². The van der Waals surface area contributed by atoms with Crippen molar-refractivity contribution in [2.24, 2.45) is 11.5 Å². The summed E-state index contributed by atoms with van der Waals surface area (Å²) in [4.78, 5) is 98.7. The summed E-state index contributed by atoms with van der Waals surface area (Å²) in [5, 5.41) is 23.0. The summed E-state index contributed by atoms with van der Waals surface area (Å²) in [5.41, 5.74) is 11.2. The van der Waals surface area contributed by atoms with E-state index in [1.165, 1.54) is 24.3 Å². The van der Waals surface area contributed by atoms with Crippen molar-refractivity contribution in [2.45, 2.75) is 115 Å². The number of fused-ring (bicyclic) bond motifs is 1. The van der Waals surface area contributed by atoms with Crippen LogP contribution in [0, 0.1) is 0 Å². The lowest BCUT2D eigenvalue weighted by Gasteiger charge is -2.36. The second kappa shape index (κ2) is 22.6. The van der Waals surface area contributed by atoms with E-state index in [2.05, 4.69) is 21.3 Å². The molecule has 4 rings (SSSR count). The number of nitrogens with two attached hydrogens (primary N) is 2. The van der Waals surface area contributed by atoms with Crippen LogP contribution in [0.25, 0.3) is 10.8 Å². The van der Waals surface area contributed by atoms with E-state index in [0.29, 0.717) is 24.9 Å². The SMILES string of the molecule is CC(C)(C)OC(=O)N[C@@H](Cc1ccc(O)cc1)C(=O)C(C(N)=O)N1CC(C(=O)[C@@H](CCCCN)NC(=O)OC(C)(C)C)NC(=O)C(NCc2cccc3ccccc23)CSCC1=O. The molecule has 0 aromatic heterocycles. The molecular weight excluding hydrogens is 831 g/mol. The zero-order valence-corrected chi connectivity index (χ0v) is 37.5. The summed E-state index contributed by atoms with van der Waals surface area (Å²) in [6.07, 6.45) is -1.18. The normalized spacial score (nSPS) is 17.7. The highest BCUT2D eigenvalue weighted by Crippen LogP contribution is 2.21. The Balaban J connectivity index is 1.75. The minimum Gasteiger partial charge on any atom is -0.508 e. The van der Waals surface area contributed by atoms with Gasteiger partial charge in [-0.2, -0.15) is 0 Å². The van der Waals surface area contributed by atoms with Gasteiger partial charge in [0.15, 0.2) is 17.6 Å². The molecule has 0 spiro atoms. The van der Waals surface area contributed by atoms with Gasteiger partial charge in [0.2, 0.25) is 17.7 Å². The van der Waals surface area contributed by atoms with Crippen LogP contribution in [0.3, 0.4) is 0 Å². The Hall–Kier alpha value is -5.72. The second-order valence-corrected chi connectivity index (χ2v) is 18.4. The minimum atomic E-state index is -2.06. The van der Waals surface area contributed by atoms with Crippen molar-refractivity contribution in [3.8, 4) is 5.75 Å². The number of Topliss-reactive ketones (excluding diaryl/α,β-unsaturated/α-hetero) is 2. The number of amides is 5. The standard InChI is InChI=1S/C45H61N7O10S/c1-44(2,3)61-42(59)50-32(16-9-10-21-46)38(55)34-24-52(36(54)26-63-25-35(41(58)49-34)48-23-29-14-11-13-28-12-7-8-15-31(28)29)37(40(47)57)39(56)33(51-43(60)62-45(4,5)6)22-27-17-19-30(53)20-18-27/h7-8,11-15,17-20,32-35,37,48,53H,9-10,16,21-26,46H2,1-6H3,(H2,47,57)(H,49,58)(H,50,59)(H,51,60)/t32-,33+,34?,35?,37?/m1/s1. The van der Waals surface area contributed by atoms with Crippen LogP contribution in [0.4, 0.5) is 9.59 Å². The molecule has 1 saturated heterocycles. The van der Waals surface area contributed by atoms with E-state index in [1.54, 1.807) is 41.5 Å². The Kier molecular flexibility index (Phi) is 17.9. The second-order valence-electron chi connectivity index (χ2n) is 17.4. The number of nitrogens with zero attached hydrogens (tertiary/aromatic N) is 1. The first-order valence-corrected chi connectivity index (χ1v) is 22.0. The first kappa shape index (κ1) is 49.9. The lowest BCUT2D eigenvalue weighted by atomic mass is 9.94. The Morgan fingerprint density at radius 2 is 1.49 bits per heavy atom. The summed E-state index contributed by atoms with van der Waals surface area (Å²) in [6.45, 7) is 9.64. The molecule has 0 saturated carbocycles. The van der Waals surface area contributed by atoms with Crippen LogP contribution in [-0.2, 0) is 46.4 Å². The van der Waals surface area contributed by atoms with E-state index in [-0.39, 0.29) is 36.6 Å². The number of hydrogen-bond acceptors (Lipinski definition) is 13. The molecule has 9 N–H and O–H groups in total. The smallest absolute Gasteiger partial charge is 0.408 e. The number of thioether (sulfide) groups is 1. The van der Waals surface area contributed by atoms with Crippen LogP contribution in [0.2, 0.25) is 0 Å². The fourth-order valence-electron chi connectivity index (χ4n) is 6.93. The van der Waals surface area contributed by atoms with Gasteiger partial charge in [-0.15, -0.1) is 11.8 Å². The molecule has 3 unspecified atom stereocenters. The molecule has 5 atom stereocenters. The van der Waals surface area contributed by atoms with Gasteiger partial charge in [-0.1, -0.05) is 54.6 Å². The molecule has 342 valence electrons. The zero-order chi connectivity index (χ0) is 46.5. The Bertz CT molecular complexity index is 2100. The van der Waals surface area contributed by atoms with Gasteiger partial charge in [0.1, 0.15) is 23.0 Å². The number of carbonyl (C=O) groups is 7. The van der Waals surface area contributed by atoms with Gasteiger partial charge in [-0.25, -0.2) is 9.59 Å². The fraction of sp³-hybridized carbons (Fsp3) is 0.489. The van der Waals surface area contributed by atoms with Crippen LogP contribution in [0.15, 0.2) is 66.7 Å². The maximum atomic E-state index is 14.8. The van der Waals surface area contributed by atoms with Gasteiger partial charge in [-0.05, 0) is 108 Å². The monoisotopic (exact) mass is 891 g/mol. The third-order valence-corrected chi connectivity index (χ3v) is 10.9. The maximum Gasteiger partial charge on any atom is 0.408 e. The number of unbranched alkanes of at least 4 members (excludes halogenated alkanes) is 1. The first-order valence-electron chi connectivity index (χ1n) is 20.9. The van der Waals surface area contributed by atoms with Crippen molar-refractivity contribution in [1.29, 1.82) is 0 Å². The molecule has 17 nitrogen and oxygen atoms in total. The molecule has 18 heteroatoms. The Morgan fingerprint density at radius 1 is 0.873 bits per heavy atom. The number of phenolic OH excluding ortho intramolecular Hbond substituents is 1. The lowest BCUT2D eigenvalue weighted by Crippen LogP contribution is -2.64. The molecule has 63 heavy (non-hydrogen) atoms. The number of rotatable bonds is 17. The molecule has 3 aromatic rings. The summed E-state index contributed by atoms with van der Waals surface area (Å²) in [7, 11) is 0. The van der Waals surface area contributed by atoms with E-state index in [4.69, 9.17) is 20.9 Å². The van der Waals surface area contributed by atoms with Crippen molar-refractivity contribution in [1.82, 2.24) is 26.2 Å². The van der Waals surface area contributed by atoms with Crippen molar-refractivity contribution in [3.63, 3.8) is 0 Å². The van der Waals surface area contributed by atoms with Crippen LogP contribution in [0.1, 0.15) is 71.9 Å². The predicted molar refractivity (Wildman–Crippen MR) is 240 cm³/mol. The van der Waals surface area contributed by atoms with Gasteiger partial charge in [-0.3, -0.25) is 24.0 Å². The number of carbonyl (C=O) groups excluding carboxylic acids is 7. The molecule has 1 aliphatic rings. The molecule has 0 bridgehead atoms.